The predicted molar refractivity (Wildman–Crippen MR) is 60.5 cm³/mol. The van der Waals surface area contributed by atoms with Crippen molar-refractivity contribution >= 4 is 45.6 Å². The summed E-state index contributed by atoms with van der Waals surface area (Å²) >= 11 is 12.9. The summed E-state index contributed by atoms with van der Waals surface area (Å²) in [5.74, 6) is -0.506. The molecule has 1 atom stereocenters. The van der Waals surface area contributed by atoms with Crippen LogP contribution in [0.15, 0.2) is 0 Å². The first-order chi connectivity index (χ1) is 7.03. The van der Waals surface area contributed by atoms with Crippen LogP contribution in [0, 0.1) is 5.92 Å². The van der Waals surface area contributed by atoms with Gasteiger partial charge < -0.3 is 5.32 Å². The maximum atomic E-state index is 11.5. The molecule has 1 aromatic rings. The molecule has 0 bridgehead atoms. The van der Waals surface area contributed by atoms with Crippen LogP contribution in [0.4, 0.5) is 5.13 Å². The smallest absolute Gasteiger partial charge is 0.232 e. The summed E-state index contributed by atoms with van der Waals surface area (Å²) in [4.78, 5) is 11.5. The number of amides is 1. The van der Waals surface area contributed by atoms with Gasteiger partial charge in [0.1, 0.15) is 9.34 Å². The molecule has 1 aromatic heterocycles. The number of nitrogens with one attached hydrogen (secondary N) is 1. The van der Waals surface area contributed by atoms with Gasteiger partial charge in [-0.05, 0) is 12.8 Å². The van der Waals surface area contributed by atoms with Crippen molar-refractivity contribution in [3.8, 4) is 0 Å². The van der Waals surface area contributed by atoms with E-state index in [9.17, 15) is 4.79 Å². The number of carbonyl (C=O) groups excluding carboxylic acids is 1. The maximum absolute atomic E-state index is 11.5. The van der Waals surface area contributed by atoms with Gasteiger partial charge in [-0.15, -0.1) is 33.4 Å². The predicted octanol–water partition coefficient (Wildman–Crippen LogP) is 2.23. The SMILES string of the molecule is CCc1nnc(NC(=O)C2CC2(Cl)Cl)s1. The average molecular weight is 266 g/mol. The number of halogens is 2. The van der Waals surface area contributed by atoms with E-state index in [1.165, 1.54) is 11.3 Å². The van der Waals surface area contributed by atoms with Crippen molar-refractivity contribution in [2.75, 3.05) is 5.32 Å². The molecule has 0 aromatic carbocycles. The van der Waals surface area contributed by atoms with Crippen molar-refractivity contribution in [1.82, 2.24) is 10.2 Å². The fourth-order valence-corrected chi connectivity index (χ4v) is 2.33. The second-order valence-electron chi connectivity index (χ2n) is 3.36. The lowest BCUT2D eigenvalue weighted by molar-refractivity contribution is -0.117. The van der Waals surface area contributed by atoms with Gasteiger partial charge in [0, 0.05) is 0 Å². The molecular formula is C8H9Cl2N3OS. The molecule has 0 aliphatic heterocycles. The van der Waals surface area contributed by atoms with E-state index >= 15 is 0 Å². The van der Waals surface area contributed by atoms with Gasteiger partial charge in [0.05, 0.1) is 5.92 Å². The highest BCUT2D eigenvalue weighted by atomic mass is 35.5. The Morgan fingerprint density at radius 1 is 1.67 bits per heavy atom. The molecular weight excluding hydrogens is 257 g/mol. The van der Waals surface area contributed by atoms with Crippen LogP contribution in [-0.4, -0.2) is 20.4 Å². The summed E-state index contributed by atoms with van der Waals surface area (Å²) in [5, 5.41) is 11.8. The topological polar surface area (TPSA) is 54.9 Å². The first-order valence-corrected chi connectivity index (χ1v) is 6.11. The van der Waals surface area contributed by atoms with Gasteiger partial charge in [0.25, 0.3) is 0 Å². The molecule has 1 heterocycles. The standard InChI is InChI=1S/C8H9Cl2N3OS/c1-2-5-12-13-7(15-5)11-6(14)4-3-8(4,9)10/h4H,2-3H2,1H3,(H,11,13,14). The zero-order valence-electron chi connectivity index (χ0n) is 7.96. The lowest BCUT2D eigenvalue weighted by atomic mass is 10.4. The molecule has 0 radical (unpaired) electrons. The number of hydrogen-bond donors (Lipinski definition) is 1. The number of alkyl halides is 2. The minimum Gasteiger partial charge on any atom is -0.300 e. The van der Waals surface area contributed by atoms with Crippen LogP contribution >= 0.6 is 34.5 Å². The Bertz CT molecular complexity index is 393. The molecule has 15 heavy (non-hydrogen) atoms. The van der Waals surface area contributed by atoms with Crippen LogP contribution in [0.2, 0.25) is 0 Å². The van der Waals surface area contributed by atoms with E-state index in [1.807, 2.05) is 6.92 Å². The second-order valence-corrected chi connectivity index (χ2v) is 5.97. The lowest BCUT2D eigenvalue weighted by Crippen LogP contribution is -2.16. The number of carbonyl (C=O) groups is 1. The third-order valence-electron chi connectivity index (χ3n) is 2.14. The van der Waals surface area contributed by atoms with Crippen molar-refractivity contribution < 1.29 is 4.79 Å². The van der Waals surface area contributed by atoms with Crippen molar-refractivity contribution in [3.63, 3.8) is 0 Å². The van der Waals surface area contributed by atoms with E-state index in [1.54, 1.807) is 0 Å². The van der Waals surface area contributed by atoms with Gasteiger partial charge in [-0.1, -0.05) is 18.3 Å². The fraction of sp³-hybridized carbons (Fsp3) is 0.625. The second kappa shape index (κ2) is 3.88. The van der Waals surface area contributed by atoms with Crippen LogP contribution < -0.4 is 5.32 Å². The Kier molecular flexibility index (Phi) is 2.87. The Balaban J connectivity index is 1.95. The molecule has 4 nitrogen and oxygen atoms in total. The number of aromatic nitrogens is 2. The summed E-state index contributed by atoms with van der Waals surface area (Å²) in [6, 6.07) is 0. The van der Waals surface area contributed by atoms with E-state index in [0.717, 1.165) is 11.4 Å². The first kappa shape index (κ1) is 11.1. The normalized spacial score (nSPS) is 22.5. The van der Waals surface area contributed by atoms with E-state index in [2.05, 4.69) is 15.5 Å². The molecule has 82 valence electrons. The molecule has 0 spiro atoms. The average Bonchev–Trinajstić information content (AvgIpc) is 2.62. The molecule has 1 aliphatic rings. The van der Waals surface area contributed by atoms with Crippen LogP contribution in [0.3, 0.4) is 0 Å². The monoisotopic (exact) mass is 265 g/mol. The molecule has 1 unspecified atom stereocenters. The van der Waals surface area contributed by atoms with Gasteiger partial charge in [0.2, 0.25) is 11.0 Å². The van der Waals surface area contributed by atoms with E-state index < -0.39 is 4.33 Å². The first-order valence-electron chi connectivity index (χ1n) is 4.54. The third-order valence-corrected chi connectivity index (χ3v) is 3.96. The summed E-state index contributed by atoms with van der Waals surface area (Å²) in [5.41, 5.74) is 0. The molecule has 1 fully saturated rings. The van der Waals surface area contributed by atoms with Crippen LogP contribution in [0.5, 0.6) is 0 Å². The van der Waals surface area contributed by atoms with E-state index in [-0.39, 0.29) is 11.8 Å². The largest absolute Gasteiger partial charge is 0.300 e. The number of hydrogen-bond acceptors (Lipinski definition) is 4. The zero-order valence-corrected chi connectivity index (χ0v) is 10.3. The van der Waals surface area contributed by atoms with E-state index in [4.69, 9.17) is 23.2 Å². The quantitative estimate of drug-likeness (QED) is 0.853. The zero-order chi connectivity index (χ0) is 11.1. The minimum absolute atomic E-state index is 0.182. The van der Waals surface area contributed by atoms with Gasteiger partial charge in [0.15, 0.2) is 0 Å². The molecule has 1 N–H and O–H groups in total. The molecule has 7 heteroatoms. The summed E-state index contributed by atoms with van der Waals surface area (Å²) in [7, 11) is 0. The summed E-state index contributed by atoms with van der Waals surface area (Å²) in [6.45, 7) is 1.98. The van der Waals surface area contributed by atoms with Gasteiger partial charge in [-0.25, -0.2) is 0 Å². The van der Waals surface area contributed by atoms with Gasteiger partial charge >= 0.3 is 0 Å². The molecule has 1 aliphatic carbocycles. The third kappa shape index (κ3) is 2.41. The fourth-order valence-electron chi connectivity index (χ4n) is 1.14. The number of nitrogens with zero attached hydrogens (tertiary/aromatic N) is 2. The molecule has 0 saturated heterocycles. The maximum Gasteiger partial charge on any atom is 0.232 e. The Hall–Kier alpha value is -0.390. The van der Waals surface area contributed by atoms with E-state index in [0.29, 0.717) is 11.6 Å². The van der Waals surface area contributed by atoms with Crippen LogP contribution in [0.1, 0.15) is 18.4 Å². The van der Waals surface area contributed by atoms with Gasteiger partial charge in [-0.2, -0.15) is 0 Å². The highest BCUT2D eigenvalue weighted by Crippen LogP contribution is 2.53. The van der Waals surface area contributed by atoms with Crippen molar-refractivity contribution in [2.45, 2.75) is 24.1 Å². The Labute approximate surface area is 101 Å². The van der Waals surface area contributed by atoms with Crippen molar-refractivity contribution in [2.24, 2.45) is 5.92 Å². The number of aryl methyl sites for hydroxylation is 1. The van der Waals surface area contributed by atoms with Crippen molar-refractivity contribution in [1.29, 1.82) is 0 Å². The summed E-state index contributed by atoms with van der Waals surface area (Å²) in [6.07, 6.45) is 1.31. The lowest BCUT2D eigenvalue weighted by Gasteiger charge is -1.99. The Morgan fingerprint density at radius 2 is 2.33 bits per heavy atom. The van der Waals surface area contributed by atoms with Crippen molar-refractivity contribution in [3.05, 3.63) is 5.01 Å². The molecule has 1 amide bonds. The minimum atomic E-state index is -0.887. The van der Waals surface area contributed by atoms with Crippen LogP contribution in [0.25, 0.3) is 0 Å². The number of rotatable bonds is 3. The molecule has 1 saturated carbocycles. The highest BCUT2D eigenvalue weighted by molar-refractivity contribution is 7.15. The Morgan fingerprint density at radius 3 is 2.80 bits per heavy atom. The number of anilines is 1. The summed E-state index contributed by atoms with van der Waals surface area (Å²) < 4.78 is -0.887. The highest BCUT2D eigenvalue weighted by Gasteiger charge is 2.56. The molecule has 2 rings (SSSR count). The van der Waals surface area contributed by atoms with Gasteiger partial charge in [-0.3, -0.25) is 4.79 Å². The van der Waals surface area contributed by atoms with Crippen LogP contribution in [-0.2, 0) is 11.2 Å².